The molecule has 0 saturated heterocycles. The van der Waals surface area contributed by atoms with Crippen molar-refractivity contribution < 1.29 is 27.5 Å². The second-order valence-electron chi connectivity index (χ2n) is 5.98. The van der Waals surface area contributed by atoms with Gasteiger partial charge in [0.1, 0.15) is 5.75 Å². The summed E-state index contributed by atoms with van der Waals surface area (Å²) in [7, 11) is -1.86. The second kappa shape index (κ2) is 9.75. The van der Waals surface area contributed by atoms with Gasteiger partial charge in [-0.05, 0) is 42.3 Å². The Morgan fingerprint density at radius 3 is 2.43 bits per heavy atom. The van der Waals surface area contributed by atoms with Gasteiger partial charge in [0.15, 0.2) is 6.61 Å². The van der Waals surface area contributed by atoms with Crippen molar-refractivity contribution in [1.82, 2.24) is 5.32 Å². The highest BCUT2D eigenvalue weighted by Gasteiger charge is 2.11. The minimum absolute atomic E-state index is 0.139. The lowest BCUT2D eigenvalue weighted by Crippen LogP contribution is -2.30. The minimum Gasteiger partial charge on any atom is -0.497 e. The monoisotopic (exact) mass is 406 g/mol. The van der Waals surface area contributed by atoms with Crippen molar-refractivity contribution in [3.63, 3.8) is 0 Å². The molecule has 0 aliphatic heterocycles. The number of carbonyl (C=O) groups is 2. The van der Waals surface area contributed by atoms with Crippen LogP contribution in [0.5, 0.6) is 5.75 Å². The molecule has 0 fully saturated rings. The lowest BCUT2D eigenvalue weighted by molar-refractivity contribution is -0.124. The molecule has 150 valence electrons. The van der Waals surface area contributed by atoms with Crippen LogP contribution in [0.3, 0.4) is 0 Å². The molecule has 2 N–H and O–H groups in total. The number of rotatable bonds is 9. The van der Waals surface area contributed by atoms with Crippen molar-refractivity contribution in [1.29, 1.82) is 0 Å². The third kappa shape index (κ3) is 7.28. The Kier molecular flexibility index (Phi) is 7.39. The number of hydrogen-bond donors (Lipinski definition) is 2. The lowest BCUT2D eigenvalue weighted by atomic mass is 10.1. The molecule has 0 saturated carbocycles. The number of methoxy groups -OCH3 is 1. The van der Waals surface area contributed by atoms with Gasteiger partial charge >= 0.3 is 5.97 Å². The summed E-state index contributed by atoms with van der Waals surface area (Å²) in [5.41, 5.74) is 1.41. The van der Waals surface area contributed by atoms with E-state index in [9.17, 15) is 18.0 Å². The van der Waals surface area contributed by atoms with Crippen LogP contribution in [0.2, 0.25) is 0 Å². The average molecular weight is 406 g/mol. The van der Waals surface area contributed by atoms with Crippen molar-refractivity contribution in [3.8, 4) is 5.75 Å². The van der Waals surface area contributed by atoms with Gasteiger partial charge < -0.3 is 14.8 Å². The molecule has 0 atom stereocenters. The van der Waals surface area contributed by atoms with Crippen molar-refractivity contribution in [2.45, 2.75) is 6.42 Å². The zero-order valence-electron chi connectivity index (χ0n) is 15.6. The Bertz CT molecular complexity index is 926. The molecule has 0 aromatic heterocycles. The summed E-state index contributed by atoms with van der Waals surface area (Å²) in [6.45, 7) is -0.0261. The van der Waals surface area contributed by atoms with E-state index in [0.717, 1.165) is 17.6 Å². The first-order valence-electron chi connectivity index (χ1n) is 8.41. The maximum absolute atomic E-state index is 12.0. The molecule has 0 spiro atoms. The Morgan fingerprint density at radius 2 is 1.79 bits per heavy atom. The fourth-order valence-electron chi connectivity index (χ4n) is 2.33. The second-order valence-corrected chi connectivity index (χ2v) is 7.73. The normalized spacial score (nSPS) is 10.8. The number of anilines is 1. The summed E-state index contributed by atoms with van der Waals surface area (Å²) in [6, 6.07) is 13.3. The number of sulfonamides is 1. The predicted molar refractivity (Wildman–Crippen MR) is 105 cm³/mol. The molecule has 0 radical (unpaired) electrons. The van der Waals surface area contributed by atoms with E-state index < -0.39 is 28.5 Å². The molecule has 2 aromatic carbocycles. The topological polar surface area (TPSA) is 111 Å². The van der Waals surface area contributed by atoms with E-state index in [1.165, 1.54) is 24.3 Å². The van der Waals surface area contributed by atoms with Crippen LogP contribution in [-0.2, 0) is 26.0 Å². The highest BCUT2D eigenvalue weighted by atomic mass is 32.2. The average Bonchev–Trinajstić information content (AvgIpc) is 2.65. The fourth-order valence-corrected chi connectivity index (χ4v) is 2.88. The SMILES string of the molecule is COc1ccc(CCNC(=O)COC(=O)c2cccc(NS(C)(=O)=O)c2)cc1. The quantitative estimate of drug-likeness (QED) is 0.612. The zero-order chi connectivity index (χ0) is 20.6. The van der Waals surface area contributed by atoms with E-state index in [1.807, 2.05) is 24.3 Å². The number of nitrogens with one attached hydrogen (secondary N) is 2. The summed E-state index contributed by atoms with van der Waals surface area (Å²) in [5.74, 6) is -0.384. The van der Waals surface area contributed by atoms with Gasteiger partial charge in [0.05, 0.1) is 18.9 Å². The molecule has 1 amide bonds. The first kappa shape index (κ1) is 21.2. The first-order valence-corrected chi connectivity index (χ1v) is 10.3. The van der Waals surface area contributed by atoms with Crippen LogP contribution in [0.15, 0.2) is 48.5 Å². The molecular formula is C19H22N2O6S. The van der Waals surface area contributed by atoms with E-state index in [-0.39, 0.29) is 11.3 Å². The lowest BCUT2D eigenvalue weighted by Gasteiger charge is -2.08. The molecule has 0 heterocycles. The highest BCUT2D eigenvalue weighted by Crippen LogP contribution is 2.13. The van der Waals surface area contributed by atoms with E-state index in [0.29, 0.717) is 13.0 Å². The summed E-state index contributed by atoms with van der Waals surface area (Å²) in [5, 5.41) is 2.67. The van der Waals surface area contributed by atoms with Crippen molar-refractivity contribution in [2.24, 2.45) is 0 Å². The van der Waals surface area contributed by atoms with Gasteiger partial charge in [-0.25, -0.2) is 13.2 Å². The Balaban J connectivity index is 1.77. The van der Waals surface area contributed by atoms with Gasteiger partial charge in [-0.2, -0.15) is 0 Å². The van der Waals surface area contributed by atoms with Gasteiger partial charge in [0, 0.05) is 12.2 Å². The number of ether oxygens (including phenoxy) is 2. The van der Waals surface area contributed by atoms with Crippen LogP contribution in [0.1, 0.15) is 15.9 Å². The summed E-state index contributed by atoms with van der Waals surface area (Å²) >= 11 is 0. The molecular weight excluding hydrogens is 384 g/mol. The molecule has 9 heteroatoms. The van der Waals surface area contributed by atoms with Crippen molar-refractivity contribution >= 4 is 27.6 Å². The van der Waals surface area contributed by atoms with Crippen LogP contribution >= 0.6 is 0 Å². The molecule has 2 rings (SSSR count). The maximum atomic E-state index is 12.0. The standard InChI is InChI=1S/C19H22N2O6S/c1-26-17-8-6-14(7-9-17)10-11-20-18(22)13-27-19(23)15-4-3-5-16(12-15)21-28(2,24)25/h3-9,12,21H,10-11,13H2,1-2H3,(H,20,22). The van der Waals surface area contributed by atoms with Crippen molar-refractivity contribution in [2.75, 3.05) is 31.2 Å². The van der Waals surface area contributed by atoms with E-state index in [2.05, 4.69) is 10.0 Å². The summed E-state index contributed by atoms with van der Waals surface area (Å²) < 4.78 is 34.8. The van der Waals surface area contributed by atoms with E-state index in [4.69, 9.17) is 9.47 Å². The minimum atomic E-state index is -3.46. The Morgan fingerprint density at radius 1 is 1.07 bits per heavy atom. The van der Waals surface area contributed by atoms with Gasteiger partial charge in [-0.1, -0.05) is 18.2 Å². The highest BCUT2D eigenvalue weighted by molar-refractivity contribution is 7.92. The summed E-state index contributed by atoms with van der Waals surface area (Å²) in [6.07, 6.45) is 1.64. The predicted octanol–water partition coefficient (Wildman–Crippen LogP) is 1.58. The molecule has 8 nitrogen and oxygen atoms in total. The van der Waals surface area contributed by atoms with Crippen LogP contribution < -0.4 is 14.8 Å². The number of hydrogen-bond acceptors (Lipinski definition) is 6. The molecule has 0 aliphatic carbocycles. The molecule has 0 bridgehead atoms. The molecule has 2 aromatic rings. The van der Waals surface area contributed by atoms with Gasteiger partial charge in [0.25, 0.3) is 5.91 Å². The summed E-state index contributed by atoms with van der Waals surface area (Å²) in [4.78, 5) is 23.9. The maximum Gasteiger partial charge on any atom is 0.338 e. The third-order valence-corrected chi connectivity index (χ3v) is 4.24. The zero-order valence-corrected chi connectivity index (χ0v) is 16.4. The van der Waals surface area contributed by atoms with Gasteiger partial charge in [-0.15, -0.1) is 0 Å². The van der Waals surface area contributed by atoms with Crippen LogP contribution in [0.4, 0.5) is 5.69 Å². The van der Waals surface area contributed by atoms with Gasteiger partial charge in [-0.3, -0.25) is 9.52 Å². The number of carbonyl (C=O) groups excluding carboxylic acids is 2. The van der Waals surface area contributed by atoms with Gasteiger partial charge in [0.2, 0.25) is 10.0 Å². The molecule has 0 unspecified atom stereocenters. The fraction of sp³-hybridized carbons (Fsp3) is 0.263. The third-order valence-electron chi connectivity index (χ3n) is 3.63. The number of amides is 1. The number of esters is 1. The largest absolute Gasteiger partial charge is 0.497 e. The number of benzene rings is 2. The Labute approximate surface area is 163 Å². The van der Waals surface area contributed by atoms with E-state index in [1.54, 1.807) is 7.11 Å². The van der Waals surface area contributed by atoms with Crippen LogP contribution in [-0.4, -0.2) is 46.8 Å². The molecule has 0 aliphatic rings. The van der Waals surface area contributed by atoms with E-state index >= 15 is 0 Å². The Hall–Kier alpha value is -3.07. The molecule has 28 heavy (non-hydrogen) atoms. The first-order chi connectivity index (χ1) is 13.3. The van der Waals surface area contributed by atoms with Crippen LogP contribution in [0.25, 0.3) is 0 Å². The van der Waals surface area contributed by atoms with Crippen LogP contribution in [0, 0.1) is 0 Å². The smallest absolute Gasteiger partial charge is 0.338 e. The van der Waals surface area contributed by atoms with Crippen molar-refractivity contribution in [3.05, 3.63) is 59.7 Å².